The Balaban J connectivity index is 2.12. The number of aryl methyl sites for hydroxylation is 2. The van der Waals surface area contributed by atoms with Crippen molar-refractivity contribution in [2.45, 2.75) is 39.7 Å². The Morgan fingerprint density at radius 1 is 1.24 bits per heavy atom. The van der Waals surface area contributed by atoms with Gasteiger partial charge in [-0.05, 0) is 31.0 Å². The van der Waals surface area contributed by atoms with E-state index in [-0.39, 0.29) is 5.78 Å². The molecule has 2 aromatic rings. The zero-order valence-corrected chi connectivity index (χ0v) is 14.5. The lowest BCUT2D eigenvalue weighted by Crippen LogP contribution is -2.11. The van der Waals surface area contributed by atoms with Crippen molar-refractivity contribution in [2.24, 2.45) is 0 Å². The first-order chi connectivity index (χ1) is 10.0. The number of rotatable bonds is 6. The number of halogens is 2. The third-order valence-electron chi connectivity index (χ3n) is 3.37. The second kappa shape index (κ2) is 7.23. The van der Waals surface area contributed by atoms with Crippen LogP contribution in [0.1, 0.15) is 30.8 Å². The van der Waals surface area contributed by atoms with Crippen molar-refractivity contribution in [3.05, 3.63) is 50.7 Å². The van der Waals surface area contributed by atoms with Gasteiger partial charge in [0, 0.05) is 17.4 Å². The smallest absolute Gasteiger partial charge is 0.143 e. The van der Waals surface area contributed by atoms with E-state index in [1.54, 1.807) is 0 Å². The Morgan fingerprint density at radius 3 is 2.48 bits per heavy atom. The average molecular weight is 370 g/mol. The van der Waals surface area contributed by atoms with Gasteiger partial charge in [0.15, 0.2) is 0 Å². The van der Waals surface area contributed by atoms with E-state index >= 15 is 0 Å². The molecule has 0 unspecified atom stereocenters. The summed E-state index contributed by atoms with van der Waals surface area (Å²) in [5.74, 6) is 0.150. The molecule has 0 fully saturated rings. The van der Waals surface area contributed by atoms with E-state index in [4.69, 9.17) is 11.6 Å². The molecule has 0 radical (unpaired) electrons. The second-order valence-corrected chi connectivity index (χ2v) is 6.19. The quantitative estimate of drug-likeness (QED) is 0.763. The van der Waals surface area contributed by atoms with Crippen molar-refractivity contribution in [2.75, 3.05) is 0 Å². The minimum atomic E-state index is 0.150. The Morgan fingerprint density at radius 2 is 1.90 bits per heavy atom. The third kappa shape index (κ3) is 3.95. The average Bonchev–Trinajstić information content (AvgIpc) is 2.77. The molecule has 1 heterocycles. The molecule has 0 spiro atoms. The van der Waals surface area contributed by atoms with E-state index in [9.17, 15) is 4.79 Å². The molecule has 0 aliphatic heterocycles. The summed E-state index contributed by atoms with van der Waals surface area (Å²) in [5, 5.41) is 5.09. The van der Waals surface area contributed by atoms with Crippen LogP contribution in [0.3, 0.4) is 0 Å². The molecular weight excluding hydrogens is 352 g/mol. The highest BCUT2D eigenvalue weighted by atomic mass is 79.9. The molecule has 0 aliphatic rings. The molecular formula is C16H18BrClN2O. The van der Waals surface area contributed by atoms with Crippen LogP contribution in [0, 0.1) is 0 Å². The number of carbonyl (C=O) groups is 1. The van der Waals surface area contributed by atoms with Crippen LogP contribution in [-0.4, -0.2) is 15.6 Å². The largest absolute Gasteiger partial charge is 0.299 e. The third-order valence-corrected chi connectivity index (χ3v) is 4.34. The van der Waals surface area contributed by atoms with E-state index in [0.29, 0.717) is 17.9 Å². The number of Topliss-reactive ketones (excluding diaryl/α,β-unsaturated/α-hetero) is 1. The zero-order chi connectivity index (χ0) is 15.4. The number of benzene rings is 1. The summed E-state index contributed by atoms with van der Waals surface area (Å²) < 4.78 is 2.85. The van der Waals surface area contributed by atoms with E-state index in [1.807, 2.05) is 42.8 Å². The van der Waals surface area contributed by atoms with Crippen molar-refractivity contribution in [3.63, 3.8) is 0 Å². The summed E-state index contributed by atoms with van der Waals surface area (Å²) in [6, 6.07) is 7.80. The highest BCUT2D eigenvalue weighted by molar-refractivity contribution is 9.10. The second-order valence-electron chi connectivity index (χ2n) is 4.90. The van der Waals surface area contributed by atoms with Gasteiger partial charge in [-0.15, -0.1) is 0 Å². The standard InChI is InChI=1S/C16H18BrClN2O/c1-3-14-16(18)15(20(4-2)19-14)10-13(21)9-11-5-7-12(17)8-6-11/h5-8H,3-4,9-10H2,1-2H3. The van der Waals surface area contributed by atoms with Gasteiger partial charge in [0.05, 0.1) is 22.8 Å². The van der Waals surface area contributed by atoms with Crippen molar-refractivity contribution in [1.29, 1.82) is 0 Å². The molecule has 0 saturated carbocycles. The van der Waals surface area contributed by atoms with Crippen molar-refractivity contribution >= 4 is 33.3 Å². The summed E-state index contributed by atoms with van der Waals surface area (Å²) in [6.07, 6.45) is 1.52. The fourth-order valence-corrected chi connectivity index (χ4v) is 2.87. The van der Waals surface area contributed by atoms with Crippen LogP contribution in [0.2, 0.25) is 5.02 Å². The fraction of sp³-hybridized carbons (Fsp3) is 0.375. The highest BCUT2D eigenvalue weighted by Crippen LogP contribution is 2.22. The first kappa shape index (κ1) is 16.2. The summed E-state index contributed by atoms with van der Waals surface area (Å²) in [5.41, 5.74) is 2.71. The first-order valence-corrected chi connectivity index (χ1v) is 8.22. The van der Waals surface area contributed by atoms with E-state index in [2.05, 4.69) is 21.0 Å². The predicted molar refractivity (Wildman–Crippen MR) is 88.8 cm³/mol. The van der Waals surface area contributed by atoms with Crippen molar-refractivity contribution in [3.8, 4) is 0 Å². The highest BCUT2D eigenvalue weighted by Gasteiger charge is 2.17. The van der Waals surface area contributed by atoms with E-state index in [0.717, 1.165) is 34.4 Å². The molecule has 0 N–H and O–H groups in total. The van der Waals surface area contributed by atoms with Crippen LogP contribution < -0.4 is 0 Å². The number of hydrogen-bond donors (Lipinski definition) is 0. The lowest BCUT2D eigenvalue weighted by Gasteiger charge is -2.05. The predicted octanol–water partition coefficient (Wildman–Crippen LogP) is 4.24. The van der Waals surface area contributed by atoms with Gasteiger partial charge in [-0.1, -0.05) is 46.6 Å². The molecule has 0 amide bonds. The van der Waals surface area contributed by atoms with Gasteiger partial charge in [-0.25, -0.2) is 0 Å². The molecule has 0 saturated heterocycles. The molecule has 5 heteroatoms. The van der Waals surface area contributed by atoms with Gasteiger partial charge >= 0.3 is 0 Å². The molecule has 21 heavy (non-hydrogen) atoms. The topological polar surface area (TPSA) is 34.9 Å². The minimum Gasteiger partial charge on any atom is -0.299 e. The van der Waals surface area contributed by atoms with Gasteiger partial charge in [0.1, 0.15) is 5.78 Å². The molecule has 0 bridgehead atoms. The Kier molecular flexibility index (Phi) is 5.59. The summed E-state index contributed by atoms with van der Waals surface area (Å²) in [4.78, 5) is 12.3. The monoisotopic (exact) mass is 368 g/mol. The number of hydrogen-bond acceptors (Lipinski definition) is 2. The molecule has 0 atom stereocenters. The van der Waals surface area contributed by atoms with E-state index in [1.165, 1.54) is 0 Å². The van der Waals surface area contributed by atoms with Gasteiger partial charge < -0.3 is 0 Å². The summed E-state index contributed by atoms with van der Waals surface area (Å²) in [7, 11) is 0. The van der Waals surface area contributed by atoms with Gasteiger partial charge in [-0.3, -0.25) is 9.48 Å². The van der Waals surface area contributed by atoms with Gasteiger partial charge in [0.2, 0.25) is 0 Å². The van der Waals surface area contributed by atoms with Crippen molar-refractivity contribution in [1.82, 2.24) is 9.78 Å². The van der Waals surface area contributed by atoms with Gasteiger partial charge in [-0.2, -0.15) is 5.10 Å². The van der Waals surface area contributed by atoms with Crippen LogP contribution in [0.4, 0.5) is 0 Å². The Labute approximate surface area is 138 Å². The van der Waals surface area contributed by atoms with Gasteiger partial charge in [0.25, 0.3) is 0 Å². The fourth-order valence-electron chi connectivity index (χ4n) is 2.27. The molecule has 112 valence electrons. The van der Waals surface area contributed by atoms with Crippen molar-refractivity contribution < 1.29 is 4.79 Å². The van der Waals surface area contributed by atoms with Crippen LogP contribution in [-0.2, 0) is 30.6 Å². The summed E-state index contributed by atoms with van der Waals surface area (Å²) >= 11 is 9.73. The van der Waals surface area contributed by atoms with E-state index < -0.39 is 0 Å². The van der Waals surface area contributed by atoms with Crippen LogP contribution in [0.15, 0.2) is 28.7 Å². The molecule has 1 aromatic heterocycles. The zero-order valence-electron chi connectivity index (χ0n) is 12.2. The van der Waals surface area contributed by atoms with Crippen LogP contribution >= 0.6 is 27.5 Å². The number of carbonyl (C=O) groups excluding carboxylic acids is 1. The Hall–Kier alpha value is -1.13. The number of ketones is 1. The molecule has 3 nitrogen and oxygen atoms in total. The number of nitrogens with zero attached hydrogens (tertiary/aromatic N) is 2. The molecule has 0 aliphatic carbocycles. The molecule has 1 aromatic carbocycles. The van der Waals surface area contributed by atoms with Crippen LogP contribution in [0.5, 0.6) is 0 Å². The Bertz CT molecular complexity index is 634. The van der Waals surface area contributed by atoms with Crippen LogP contribution in [0.25, 0.3) is 0 Å². The molecule has 2 rings (SSSR count). The number of aromatic nitrogens is 2. The normalized spacial score (nSPS) is 10.9. The maximum absolute atomic E-state index is 12.3. The SMILES string of the molecule is CCc1nn(CC)c(CC(=O)Cc2ccc(Br)cc2)c1Cl. The summed E-state index contributed by atoms with van der Waals surface area (Å²) in [6.45, 7) is 4.74. The minimum absolute atomic E-state index is 0.150. The maximum Gasteiger partial charge on any atom is 0.143 e. The lowest BCUT2D eigenvalue weighted by molar-refractivity contribution is -0.117. The lowest BCUT2D eigenvalue weighted by atomic mass is 10.1. The first-order valence-electron chi connectivity index (χ1n) is 7.05. The maximum atomic E-state index is 12.3.